The Labute approximate surface area is 159 Å². The van der Waals surface area contributed by atoms with E-state index in [1.165, 1.54) is 0 Å². The highest BCUT2D eigenvalue weighted by Crippen LogP contribution is 2.29. The summed E-state index contributed by atoms with van der Waals surface area (Å²) < 4.78 is 6.16. The molecule has 5 heteroatoms. The molecule has 0 aliphatic heterocycles. The Morgan fingerprint density at radius 3 is 2.19 bits per heavy atom. The average Bonchev–Trinajstić information content (AvgIpc) is 2.72. The molecular formula is C22H23N3O2. The predicted octanol–water partition coefficient (Wildman–Crippen LogP) is 3.90. The molecule has 5 nitrogen and oxygen atoms in total. The van der Waals surface area contributed by atoms with E-state index >= 15 is 0 Å². The number of rotatable bonds is 8. The highest BCUT2D eigenvalue weighted by molar-refractivity contribution is 5.78. The summed E-state index contributed by atoms with van der Waals surface area (Å²) in [6.07, 6.45) is 3.84. The van der Waals surface area contributed by atoms with Crippen molar-refractivity contribution in [2.24, 2.45) is 5.73 Å². The second kappa shape index (κ2) is 9.05. The van der Waals surface area contributed by atoms with Crippen molar-refractivity contribution in [1.29, 1.82) is 0 Å². The van der Waals surface area contributed by atoms with E-state index in [0.717, 1.165) is 23.1 Å². The van der Waals surface area contributed by atoms with E-state index in [1.807, 2.05) is 61.5 Å². The van der Waals surface area contributed by atoms with Gasteiger partial charge in [-0.15, -0.1) is 0 Å². The zero-order valence-electron chi connectivity index (χ0n) is 15.3. The molecule has 1 heterocycles. The van der Waals surface area contributed by atoms with Gasteiger partial charge < -0.3 is 10.5 Å². The number of benzene rings is 2. The van der Waals surface area contributed by atoms with Gasteiger partial charge in [0.25, 0.3) is 0 Å². The number of nitrogens with two attached hydrogens (primary N) is 1. The Morgan fingerprint density at radius 2 is 1.59 bits per heavy atom. The molecule has 27 heavy (non-hydrogen) atoms. The lowest BCUT2D eigenvalue weighted by molar-refractivity contribution is -0.132. The topological polar surface area (TPSA) is 78.1 Å². The van der Waals surface area contributed by atoms with Crippen LogP contribution in [-0.4, -0.2) is 22.0 Å². The Balaban J connectivity index is 1.92. The summed E-state index contributed by atoms with van der Waals surface area (Å²) in [7, 11) is 0. The van der Waals surface area contributed by atoms with Crippen LogP contribution >= 0.6 is 0 Å². The molecule has 0 aliphatic rings. The van der Waals surface area contributed by atoms with Gasteiger partial charge in [0.2, 0.25) is 5.91 Å². The van der Waals surface area contributed by atoms with Crippen LogP contribution in [0.1, 0.15) is 37.0 Å². The molecule has 3 aromatic rings. The minimum atomic E-state index is -0.627. The lowest BCUT2D eigenvalue weighted by Gasteiger charge is -2.24. The van der Waals surface area contributed by atoms with Crippen molar-refractivity contribution in [3.8, 4) is 11.4 Å². The largest absolute Gasteiger partial charge is 0.367 e. The minimum Gasteiger partial charge on any atom is -0.367 e. The second-order valence-electron chi connectivity index (χ2n) is 6.30. The van der Waals surface area contributed by atoms with Gasteiger partial charge in [0.1, 0.15) is 12.2 Å². The molecule has 2 atom stereocenters. The van der Waals surface area contributed by atoms with Gasteiger partial charge in [0.15, 0.2) is 5.82 Å². The Morgan fingerprint density at radius 1 is 0.963 bits per heavy atom. The number of hydrogen-bond acceptors (Lipinski definition) is 4. The van der Waals surface area contributed by atoms with Gasteiger partial charge in [-0.3, -0.25) is 4.79 Å². The molecule has 0 radical (unpaired) electrons. The zero-order chi connectivity index (χ0) is 19.1. The monoisotopic (exact) mass is 361 g/mol. The van der Waals surface area contributed by atoms with E-state index in [-0.39, 0.29) is 6.10 Å². The van der Waals surface area contributed by atoms with Crippen molar-refractivity contribution < 1.29 is 9.53 Å². The summed E-state index contributed by atoms with van der Waals surface area (Å²) in [5.74, 6) is 0.231. The van der Waals surface area contributed by atoms with Gasteiger partial charge >= 0.3 is 0 Å². The molecule has 2 aromatic carbocycles. The third-order valence-electron chi connectivity index (χ3n) is 4.31. The van der Waals surface area contributed by atoms with Crippen LogP contribution in [0.2, 0.25) is 0 Å². The molecule has 2 unspecified atom stereocenters. The van der Waals surface area contributed by atoms with E-state index in [0.29, 0.717) is 12.2 Å². The maximum atomic E-state index is 11.8. The summed E-state index contributed by atoms with van der Waals surface area (Å²) >= 11 is 0. The Kier molecular flexibility index (Phi) is 6.28. The number of primary amides is 1. The maximum absolute atomic E-state index is 11.8. The van der Waals surface area contributed by atoms with E-state index in [2.05, 4.69) is 9.97 Å². The second-order valence-corrected chi connectivity index (χ2v) is 6.30. The van der Waals surface area contributed by atoms with Gasteiger partial charge in [-0.25, -0.2) is 9.97 Å². The van der Waals surface area contributed by atoms with E-state index in [1.54, 1.807) is 18.5 Å². The normalized spacial score (nSPS) is 13.1. The van der Waals surface area contributed by atoms with Crippen LogP contribution in [0, 0.1) is 0 Å². The quantitative estimate of drug-likeness (QED) is 0.660. The van der Waals surface area contributed by atoms with Crippen LogP contribution in [0.25, 0.3) is 11.4 Å². The van der Waals surface area contributed by atoms with Gasteiger partial charge in [-0.1, -0.05) is 67.9 Å². The number of ether oxygens (including phenoxy) is 1. The van der Waals surface area contributed by atoms with E-state index in [9.17, 15) is 4.79 Å². The smallest absolute Gasteiger partial charge is 0.246 e. The number of carbonyl (C=O) groups is 1. The molecule has 0 saturated carbocycles. The summed E-state index contributed by atoms with van der Waals surface area (Å²) in [6, 6.07) is 19.5. The molecule has 1 amide bonds. The molecule has 0 aliphatic carbocycles. The number of carbonyl (C=O) groups excluding carboxylic acids is 1. The highest BCUT2D eigenvalue weighted by Gasteiger charge is 2.23. The molecule has 3 rings (SSSR count). The van der Waals surface area contributed by atoms with Gasteiger partial charge in [0, 0.05) is 18.0 Å². The lowest BCUT2D eigenvalue weighted by atomic mass is 9.99. The number of amides is 1. The number of hydrogen-bond donors (Lipinski definition) is 1. The molecule has 0 bridgehead atoms. The number of aromatic nitrogens is 2. The fraction of sp³-hybridized carbons (Fsp3) is 0.227. The standard InChI is InChI=1S/C22H23N3O2/c1-2-7-19(21(23)26)27-20(16-8-4-3-5-9-16)17-10-12-18(13-11-17)22-24-14-6-15-25-22/h3-6,8-15,19-20H,2,7H2,1H3,(H2,23,26). The average molecular weight is 361 g/mol. The summed E-state index contributed by atoms with van der Waals surface area (Å²) in [5, 5.41) is 0. The van der Waals surface area contributed by atoms with Gasteiger partial charge in [0.05, 0.1) is 0 Å². The molecule has 0 saturated heterocycles. The maximum Gasteiger partial charge on any atom is 0.246 e. The molecule has 0 fully saturated rings. The van der Waals surface area contributed by atoms with Crippen molar-refractivity contribution >= 4 is 5.91 Å². The van der Waals surface area contributed by atoms with E-state index < -0.39 is 12.0 Å². The molecule has 1 aromatic heterocycles. The van der Waals surface area contributed by atoms with Crippen LogP contribution < -0.4 is 5.73 Å². The van der Waals surface area contributed by atoms with Crippen LogP contribution in [0.5, 0.6) is 0 Å². The van der Waals surface area contributed by atoms with Crippen molar-refractivity contribution in [3.05, 3.63) is 84.2 Å². The first-order chi connectivity index (χ1) is 13.2. The fourth-order valence-electron chi connectivity index (χ4n) is 2.94. The summed E-state index contributed by atoms with van der Waals surface area (Å²) in [6.45, 7) is 2.01. The summed E-state index contributed by atoms with van der Waals surface area (Å²) in [4.78, 5) is 20.4. The predicted molar refractivity (Wildman–Crippen MR) is 105 cm³/mol. The van der Waals surface area contributed by atoms with Crippen LogP contribution in [0.3, 0.4) is 0 Å². The minimum absolute atomic E-state index is 0.374. The van der Waals surface area contributed by atoms with Crippen molar-refractivity contribution in [2.45, 2.75) is 32.0 Å². The Bertz CT molecular complexity index is 852. The molecular weight excluding hydrogens is 338 g/mol. The summed E-state index contributed by atoms with van der Waals surface area (Å²) in [5.41, 5.74) is 8.39. The van der Waals surface area contributed by atoms with Crippen LogP contribution in [0.15, 0.2) is 73.1 Å². The SMILES string of the molecule is CCCC(OC(c1ccccc1)c1ccc(-c2ncccn2)cc1)C(N)=O. The van der Waals surface area contributed by atoms with Gasteiger partial charge in [-0.05, 0) is 23.6 Å². The van der Waals surface area contributed by atoms with Gasteiger partial charge in [-0.2, -0.15) is 0 Å². The first-order valence-corrected chi connectivity index (χ1v) is 9.06. The fourth-order valence-corrected chi connectivity index (χ4v) is 2.94. The lowest BCUT2D eigenvalue weighted by Crippen LogP contribution is -2.32. The third-order valence-corrected chi connectivity index (χ3v) is 4.31. The van der Waals surface area contributed by atoms with Crippen molar-refractivity contribution in [1.82, 2.24) is 9.97 Å². The molecule has 0 spiro atoms. The van der Waals surface area contributed by atoms with Crippen LogP contribution in [0.4, 0.5) is 0 Å². The van der Waals surface area contributed by atoms with E-state index in [4.69, 9.17) is 10.5 Å². The first kappa shape index (κ1) is 18.7. The first-order valence-electron chi connectivity index (χ1n) is 9.06. The Hall–Kier alpha value is -3.05. The van der Waals surface area contributed by atoms with Crippen molar-refractivity contribution in [2.75, 3.05) is 0 Å². The molecule has 2 N–H and O–H groups in total. The van der Waals surface area contributed by atoms with Crippen LogP contribution in [-0.2, 0) is 9.53 Å². The molecule has 138 valence electrons. The highest BCUT2D eigenvalue weighted by atomic mass is 16.5. The number of nitrogens with zero attached hydrogens (tertiary/aromatic N) is 2. The zero-order valence-corrected chi connectivity index (χ0v) is 15.3. The van der Waals surface area contributed by atoms with Crippen molar-refractivity contribution in [3.63, 3.8) is 0 Å². The third kappa shape index (κ3) is 4.77.